The maximum absolute atomic E-state index is 6.06. The highest BCUT2D eigenvalue weighted by Gasteiger charge is 2.29. The molecule has 0 bridgehead atoms. The standard InChI is InChI=1S/C9H19N/c1-7-4-8(2)6-9(3,10)5-7/h7-8H,4-6,10H2,1-3H3/t7-,8-/m1/s1. The molecular formula is C9H19N. The fourth-order valence-electron chi connectivity index (χ4n) is 2.53. The minimum Gasteiger partial charge on any atom is -0.325 e. The summed E-state index contributed by atoms with van der Waals surface area (Å²) < 4.78 is 0. The van der Waals surface area contributed by atoms with Gasteiger partial charge in [-0.25, -0.2) is 0 Å². The van der Waals surface area contributed by atoms with Crippen molar-refractivity contribution in [3.05, 3.63) is 0 Å². The predicted molar refractivity (Wildman–Crippen MR) is 44.8 cm³/mol. The molecule has 1 heteroatoms. The fraction of sp³-hybridized carbons (Fsp3) is 1.00. The van der Waals surface area contributed by atoms with Crippen LogP contribution in [0.3, 0.4) is 0 Å². The largest absolute Gasteiger partial charge is 0.325 e. The summed E-state index contributed by atoms with van der Waals surface area (Å²) >= 11 is 0. The van der Waals surface area contributed by atoms with Gasteiger partial charge < -0.3 is 5.73 Å². The Hall–Kier alpha value is -0.0400. The maximum atomic E-state index is 6.06. The van der Waals surface area contributed by atoms with Crippen molar-refractivity contribution in [3.63, 3.8) is 0 Å². The van der Waals surface area contributed by atoms with Crippen LogP contribution in [0.1, 0.15) is 40.0 Å². The molecule has 1 aliphatic carbocycles. The lowest BCUT2D eigenvalue weighted by molar-refractivity contribution is 0.198. The van der Waals surface area contributed by atoms with E-state index < -0.39 is 0 Å². The first-order valence-electron chi connectivity index (χ1n) is 4.28. The van der Waals surface area contributed by atoms with Crippen LogP contribution in [0.2, 0.25) is 0 Å². The van der Waals surface area contributed by atoms with Crippen molar-refractivity contribution in [1.29, 1.82) is 0 Å². The molecule has 0 aromatic heterocycles. The van der Waals surface area contributed by atoms with E-state index in [2.05, 4.69) is 20.8 Å². The highest BCUT2D eigenvalue weighted by molar-refractivity contribution is 4.87. The van der Waals surface area contributed by atoms with E-state index in [4.69, 9.17) is 5.73 Å². The molecule has 2 N–H and O–H groups in total. The average Bonchev–Trinajstić information content (AvgIpc) is 1.54. The minimum atomic E-state index is 0.122. The summed E-state index contributed by atoms with van der Waals surface area (Å²) in [7, 11) is 0. The van der Waals surface area contributed by atoms with E-state index in [0.29, 0.717) is 0 Å². The first-order chi connectivity index (χ1) is 4.49. The van der Waals surface area contributed by atoms with Gasteiger partial charge in [0, 0.05) is 5.54 Å². The van der Waals surface area contributed by atoms with Crippen LogP contribution in [0.5, 0.6) is 0 Å². The van der Waals surface area contributed by atoms with Crippen molar-refractivity contribution in [3.8, 4) is 0 Å². The number of rotatable bonds is 0. The molecule has 2 atom stereocenters. The second kappa shape index (κ2) is 2.54. The topological polar surface area (TPSA) is 26.0 Å². The second-order valence-corrected chi connectivity index (χ2v) is 4.51. The van der Waals surface area contributed by atoms with E-state index in [-0.39, 0.29) is 5.54 Å². The molecule has 60 valence electrons. The van der Waals surface area contributed by atoms with Crippen LogP contribution < -0.4 is 5.73 Å². The Labute approximate surface area is 64.0 Å². The molecule has 0 heterocycles. The molecule has 0 aromatic carbocycles. The molecule has 0 aromatic rings. The van der Waals surface area contributed by atoms with Gasteiger partial charge in [0.15, 0.2) is 0 Å². The molecule has 1 fully saturated rings. The molecule has 0 saturated heterocycles. The molecule has 0 radical (unpaired) electrons. The lowest BCUT2D eigenvalue weighted by Crippen LogP contribution is -2.43. The van der Waals surface area contributed by atoms with Crippen molar-refractivity contribution in [1.82, 2.24) is 0 Å². The Kier molecular flexibility index (Phi) is 2.04. The Morgan fingerprint density at radius 1 is 1.20 bits per heavy atom. The Morgan fingerprint density at radius 2 is 1.60 bits per heavy atom. The van der Waals surface area contributed by atoms with Crippen LogP contribution in [0.15, 0.2) is 0 Å². The molecular weight excluding hydrogens is 122 g/mol. The molecule has 0 amide bonds. The first kappa shape index (κ1) is 8.06. The van der Waals surface area contributed by atoms with E-state index in [1.165, 1.54) is 19.3 Å². The normalized spacial score (nSPS) is 49.2. The monoisotopic (exact) mass is 141 g/mol. The zero-order valence-corrected chi connectivity index (χ0v) is 7.35. The van der Waals surface area contributed by atoms with Crippen molar-refractivity contribution in [2.75, 3.05) is 0 Å². The zero-order chi connectivity index (χ0) is 7.78. The van der Waals surface area contributed by atoms with Gasteiger partial charge in [0.2, 0.25) is 0 Å². The minimum absolute atomic E-state index is 0.122. The van der Waals surface area contributed by atoms with Gasteiger partial charge >= 0.3 is 0 Å². The summed E-state index contributed by atoms with van der Waals surface area (Å²) in [6.45, 7) is 6.79. The predicted octanol–water partition coefficient (Wildman–Crippen LogP) is 2.16. The third-order valence-electron chi connectivity index (χ3n) is 2.43. The van der Waals surface area contributed by atoms with Crippen LogP contribution >= 0.6 is 0 Å². The van der Waals surface area contributed by atoms with E-state index in [1.807, 2.05) is 0 Å². The molecule has 1 saturated carbocycles. The molecule has 0 aliphatic heterocycles. The third-order valence-corrected chi connectivity index (χ3v) is 2.43. The Bertz CT molecular complexity index is 106. The summed E-state index contributed by atoms with van der Waals surface area (Å²) in [5.41, 5.74) is 6.18. The summed E-state index contributed by atoms with van der Waals surface area (Å²) in [6.07, 6.45) is 3.78. The molecule has 0 unspecified atom stereocenters. The van der Waals surface area contributed by atoms with Gasteiger partial charge in [-0.2, -0.15) is 0 Å². The number of hydrogen-bond acceptors (Lipinski definition) is 1. The number of hydrogen-bond donors (Lipinski definition) is 1. The van der Waals surface area contributed by atoms with Crippen molar-refractivity contribution < 1.29 is 0 Å². The van der Waals surface area contributed by atoms with Crippen LogP contribution in [0, 0.1) is 11.8 Å². The highest BCUT2D eigenvalue weighted by atomic mass is 14.7. The quantitative estimate of drug-likeness (QED) is 0.549. The molecule has 0 spiro atoms. The SMILES string of the molecule is C[C@@H]1C[C@@H](C)CC(C)(N)C1. The van der Waals surface area contributed by atoms with Gasteiger partial charge in [-0.15, -0.1) is 0 Å². The lowest BCUT2D eigenvalue weighted by atomic mass is 9.73. The van der Waals surface area contributed by atoms with Gasteiger partial charge in [0.1, 0.15) is 0 Å². The highest BCUT2D eigenvalue weighted by Crippen LogP contribution is 2.33. The smallest absolute Gasteiger partial charge is 0.0131 e. The lowest BCUT2D eigenvalue weighted by Gasteiger charge is -2.37. The van der Waals surface area contributed by atoms with Gasteiger partial charge in [0.05, 0.1) is 0 Å². The van der Waals surface area contributed by atoms with E-state index in [1.54, 1.807) is 0 Å². The van der Waals surface area contributed by atoms with Crippen LogP contribution in [-0.4, -0.2) is 5.54 Å². The summed E-state index contributed by atoms with van der Waals surface area (Å²) in [5, 5.41) is 0. The van der Waals surface area contributed by atoms with E-state index in [9.17, 15) is 0 Å². The van der Waals surface area contributed by atoms with Crippen molar-refractivity contribution in [2.24, 2.45) is 17.6 Å². The molecule has 1 nitrogen and oxygen atoms in total. The first-order valence-corrected chi connectivity index (χ1v) is 4.28. The van der Waals surface area contributed by atoms with Gasteiger partial charge in [-0.1, -0.05) is 13.8 Å². The maximum Gasteiger partial charge on any atom is 0.0131 e. The summed E-state index contributed by atoms with van der Waals surface area (Å²) in [4.78, 5) is 0. The van der Waals surface area contributed by atoms with Crippen LogP contribution in [0.25, 0.3) is 0 Å². The van der Waals surface area contributed by atoms with Gasteiger partial charge in [0.25, 0.3) is 0 Å². The molecule has 1 aliphatic rings. The van der Waals surface area contributed by atoms with Crippen LogP contribution in [-0.2, 0) is 0 Å². The second-order valence-electron chi connectivity index (χ2n) is 4.51. The zero-order valence-electron chi connectivity index (χ0n) is 7.35. The third kappa shape index (κ3) is 1.98. The van der Waals surface area contributed by atoms with Crippen molar-refractivity contribution >= 4 is 0 Å². The van der Waals surface area contributed by atoms with Crippen LogP contribution in [0.4, 0.5) is 0 Å². The van der Waals surface area contributed by atoms with Gasteiger partial charge in [-0.3, -0.25) is 0 Å². The van der Waals surface area contributed by atoms with E-state index in [0.717, 1.165) is 11.8 Å². The summed E-state index contributed by atoms with van der Waals surface area (Å²) in [6, 6.07) is 0. The average molecular weight is 141 g/mol. The summed E-state index contributed by atoms with van der Waals surface area (Å²) in [5.74, 6) is 1.66. The Morgan fingerprint density at radius 3 is 1.90 bits per heavy atom. The van der Waals surface area contributed by atoms with E-state index >= 15 is 0 Å². The molecule has 1 rings (SSSR count). The molecule has 10 heavy (non-hydrogen) atoms. The van der Waals surface area contributed by atoms with Crippen molar-refractivity contribution in [2.45, 2.75) is 45.6 Å². The van der Waals surface area contributed by atoms with Gasteiger partial charge in [-0.05, 0) is 38.0 Å². The number of nitrogens with two attached hydrogens (primary N) is 1. The Balaban J connectivity index is 2.51. The fourth-order valence-corrected chi connectivity index (χ4v) is 2.53.